The molecule has 2 rings (SSSR count). The van der Waals surface area contributed by atoms with Crippen LogP contribution >= 0.6 is 0 Å². The van der Waals surface area contributed by atoms with Gasteiger partial charge in [0.15, 0.2) is 0 Å². The molecule has 0 spiro atoms. The predicted octanol–water partition coefficient (Wildman–Crippen LogP) is 0.921. The van der Waals surface area contributed by atoms with Crippen LogP contribution < -0.4 is 11.1 Å². The Morgan fingerprint density at radius 1 is 1.37 bits per heavy atom. The number of nitrogens with zero attached hydrogens (tertiary/aromatic N) is 2. The average molecular weight is 266 g/mol. The molecule has 1 aromatic carbocycles. The Hall–Kier alpha value is -1.86. The van der Waals surface area contributed by atoms with E-state index in [9.17, 15) is 10.1 Å². The van der Waals surface area contributed by atoms with E-state index in [0.717, 1.165) is 39.4 Å². The van der Waals surface area contributed by atoms with Crippen molar-refractivity contribution in [1.29, 1.82) is 0 Å². The largest absolute Gasteiger partial charge is 0.398 e. The van der Waals surface area contributed by atoms with E-state index in [4.69, 9.17) is 10.5 Å². The van der Waals surface area contributed by atoms with Crippen molar-refractivity contribution in [1.82, 2.24) is 4.90 Å². The zero-order chi connectivity index (χ0) is 13.7. The average Bonchev–Trinajstić information content (AvgIpc) is 2.39. The normalized spacial score (nSPS) is 16.2. The quantitative estimate of drug-likeness (QED) is 0.467. The van der Waals surface area contributed by atoms with Gasteiger partial charge < -0.3 is 15.8 Å². The minimum absolute atomic E-state index is 0.00822. The third-order valence-electron chi connectivity index (χ3n) is 3.01. The second-order valence-electron chi connectivity index (χ2n) is 4.45. The van der Waals surface area contributed by atoms with E-state index in [1.165, 1.54) is 12.1 Å². The molecule has 19 heavy (non-hydrogen) atoms. The fourth-order valence-electron chi connectivity index (χ4n) is 2.03. The van der Waals surface area contributed by atoms with E-state index < -0.39 is 4.92 Å². The zero-order valence-corrected chi connectivity index (χ0v) is 10.7. The number of nitrogens with one attached hydrogen (secondary N) is 1. The van der Waals surface area contributed by atoms with E-state index in [-0.39, 0.29) is 5.69 Å². The second-order valence-corrected chi connectivity index (χ2v) is 4.45. The first kappa shape index (κ1) is 13.6. The molecular weight excluding hydrogens is 248 g/mol. The number of benzene rings is 1. The van der Waals surface area contributed by atoms with Gasteiger partial charge in [-0.05, 0) is 6.07 Å². The van der Waals surface area contributed by atoms with Crippen molar-refractivity contribution in [2.24, 2.45) is 0 Å². The molecule has 0 aliphatic carbocycles. The smallest absolute Gasteiger partial charge is 0.273 e. The SMILES string of the molecule is Nc1cc(NCCN2CCOCC2)cc([N+](=O)[O-])c1. The molecule has 7 heteroatoms. The highest BCUT2D eigenvalue weighted by Crippen LogP contribution is 2.22. The number of nitrogens with two attached hydrogens (primary N) is 1. The van der Waals surface area contributed by atoms with Gasteiger partial charge in [-0.1, -0.05) is 0 Å². The summed E-state index contributed by atoms with van der Waals surface area (Å²) in [6.45, 7) is 5.00. The standard InChI is InChI=1S/C12H18N4O3/c13-10-7-11(9-12(8-10)16(17)18)14-1-2-15-3-5-19-6-4-15/h7-9,14H,1-6,13H2. The number of morpholine rings is 1. The Kier molecular flexibility index (Phi) is 4.53. The molecule has 0 amide bonds. The maximum Gasteiger partial charge on any atom is 0.273 e. The Balaban J connectivity index is 1.86. The molecule has 1 aliphatic rings. The highest BCUT2D eigenvalue weighted by molar-refractivity contribution is 5.61. The maximum atomic E-state index is 10.7. The molecule has 1 aliphatic heterocycles. The Bertz CT molecular complexity index is 447. The van der Waals surface area contributed by atoms with Crippen LogP contribution in [0.5, 0.6) is 0 Å². The number of hydrogen-bond donors (Lipinski definition) is 2. The molecule has 7 nitrogen and oxygen atoms in total. The summed E-state index contributed by atoms with van der Waals surface area (Å²) in [5.41, 5.74) is 6.72. The molecule has 1 heterocycles. The molecular formula is C12H18N4O3. The summed E-state index contributed by atoms with van der Waals surface area (Å²) in [6.07, 6.45) is 0. The second kappa shape index (κ2) is 6.35. The number of nitrogen functional groups attached to an aromatic ring is 1. The van der Waals surface area contributed by atoms with Crippen molar-refractivity contribution < 1.29 is 9.66 Å². The molecule has 1 fully saturated rings. The van der Waals surface area contributed by atoms with Gasteiger partial charge in [0.05, 0.1) is 18.1 Å². The zero-order valence-electron chi connectivity index (χ0n) is 10.7. The molecule has 0 bridgehead atoms. The molecule has 1 saturated heterocycles. The van der Waals surface area contributed by atoms with Crippen LogP contribution in [-0.4, -0.2) is 49.2 Å². The first-order valence-corrected chi connectivity index (χ1v) is 6.24. The van der Waals surface area contributed by atoms with E-state index in [1.807, 2.05) is 0 Å². The number of non-ortho nitro benzene ring substituents is 1. The summed E-state index contributed by atoms with van der Waals surface area (Å²) >= 11 is 0. The number of anilines is 2. The topological polar surface area (TPSA) is 93.7 Å². The minimum Gasteiger partial charge on any atom is -0.398 e. The van der Waals surface area contributed by atoms with Gasteiger partial charge in [-0.15, -0.1) is 0 Å². The van der Waals surface area contributed by atoms with Gasteiger partial charge in [-0.25, -0.2) is 0 Å². The van der Waals surface area contributed by atoms with E-state index >= 15 is 0 Å². The minimum atomic E-state index is -0.441. The van der Waals surface area contributed by atoms with Crippen molar-refractivity contribution >= 4 is 17.1 Å². The molecule has 0 radical (unpaired) electrons. The highest BCUT2D eigenvalue weighted by Gasteiger charge is 2.11. The van der Waals surface area contributed by atoms with E-state index in [2.05, 4.69) is 10.2 Å². The lowest BCUT2D eigenvalue weighted by Crippen LogP contribution is -2.39. The van der Waals surface area contributed by atoms with Crippen LogP contribution in [0.1, 0.15) is 0 Å². The van der Waals surface area contributed by atoms with Gasteiger partial charge in [-0.3, -0.25) is 15.0 Å². The first-order valence-electron chi connectivity index (χ1n) is 6.24. The number of nitro groups is 1. The van der Waals surface area contributed by atoms with Crippen LogP contribution in [-0.2, 0) is 4.74 Å². The molecule has 1 aromatic rings. The predicted molar refractivity (Wildman–Crippen MR) is 73.3 cm³/mol. The van der Waals surface area contributed by atoms with Crippen molar-refractivity contribution in [3.05, 3.63) is 28.3 Å². The Morgan fingerprint density at radius 3 is 2.79 bits per heavy atom. The van der Waals surface area contributed by atoms with Crippen LogP contribution in [0, 0.1) is 10.1 Å². The molecule has 0 aromatic heterocycles. The highest BCUT2D eigenvalue weighted by atomic mass is 16.6. The van der Waals surface area contributed by atoms with Crippen molar-refractivity contribution in [2.45, 2.75) is 0 Å². The van der Waals surface area contributed by atoms with E-state index in [0.29, 0.717) is 11.4 Å². The van der Waals surface area contributed by atoms with Crippen LogP contribution in [0.15, 0.2) is 18.2 Å². The van der Waals surface area contributed by atoms with E-state index in [1.54, 1.807) is 6.07 Å². The summed E-state index contributed by atoms with van der Waals surface area (Å²) < 4.78 is 5.27. The summed E-state index contributed by atoms with van der Waals surface area (Å²) in [5, 5.41) is 13.9. The molecule has 3 N–H and O–H groups in total. The first-order chi connectivity index (χ1) is 9.15. The van der Waals surface area contributed by atoms with Gasteiger partial charge in [0.2, 0.25) is 0 Å². The monoisotopic (exact) mass is 266 g/mol. The van der Waals surface area contributed by atoms with Gasteiger partial charge in [0, 0.05) is 49.7 Å². The van der Waals surface area contributed by atoms with Gasteiger partial charge in [0.1, 0.15) is 0 Å². The van der Waals surface area contributed by atoms with Crippen LogP contribution in [0.3, 0.4) is 0 Å². The summed E-state index contributed by atoms with van der Waals surface area (Å²) in [4.78, 5) is 12.6. The van der Waals surface area contributed by atoms with Gasteiger partial charge in [-0.2, -0.15) is 0 Å². The fourth-order valence-corrected chi connectivity index (χ4v) is 2.03. The summed E-state index contributed by atoms with van der Waals surface area (Å²) in [5.74, 6) is 0. The number of rotatable bonds is 5. The molecule has 0 saturated carbocycles. The lowest BCUT2D eigenvalue weighted by molar-refractivity contribution is -0.384. The lowest BCUT2D eigenvalue weighted by Gasteiger charge is -2.26. The Morgan fingerprint density at radius 2 is 2.11 bits per heavy atom. The molecule has 0 unspecified atom stereocenters. The summed E-state index contributed by atoms with van der Waals surface area (Å²) in [7, 11) is 0. The van der Waals surface area contributed by atoms with Crippen LogP contribution in [0.4, 0.5) is 17.1 Å². The molecule has 0 atom stereocenters. The van der Waals surface area contributed by atoms with Gasteiger partial charge >= 0.3 is 0 Å². The van der Waals surface area contributed by atoms with Crippen LogP contribution in [0.2, 0.25) is 0 Å². The molecule has 104 valence electrons. The number of ether oxygens (including phenoxy) is 1. The van der Waals surface area contributed by atoms with Crippen molar-refractivity contribution in [3.8, 4) is 0 Å². The van der Waals surface area contributed by atoms with Crippen molar-refractivity contribution in [2.75, 3.05) is 50.4 Å². The lowest BCUT2D eigenvalue weighted by atomic mass is 10.2. The fraction of sp³-hybridized carbons (Fsp3) is 0.500. The van der Waals surface area contributed by atoms with Crippen LogP contribution in [0.25, 0.3) is 0 Å². The summed E-state index contributed by atoms with van der Waals surface area (Å²) in [6, 6.07) is 4.55. The number of nitro benzene ring substituents is 1. The number of hydrogen-bond acceptors (Lipinski definition) is 6. The third-order valence-corrected chi connectivity index (χ3v) is 3.01. The van der Waals surface area contributed by atoms with Gasteiger partial charge in [0.25, 0.3) is 5.69 Å². The maximum absolute atomic E-state index is 10.7. The third kappa shape index (κ3) is 4.08. The Labute approximate surface area is 111 Å². The van der Waals surface area contributed by atoms with Crippen molar-refractivity contribution in [3.63, 3.8) is 0 Å².